The van der Waals surface area contributed by atoms with Gasteiger partial charge in [0.05, 0.1) is 25.6 Å². The summed E-state index contributed by atoms with van der Waals surface area (Å²) in [5, 5.41) is 0. The molecule has 37 heavy (non-hydrogen) atoms. The number of anilines is 1. The van der Waals surface area contributed by atoms with Gasteiger partial charge in [0.2, 0.25) is 0 Å². The molecule has 3 N–H and O–H groups in total. The van der Waals surface area contributed by atoms with Crippen LogP contribution in [-0.4, -0.2) is 43.5 Å². The van der Waals surface area contributed by atoms with Gasteiger partial charge in [-0.25, -0.2) is 15.0 Å². The third kappa shape index (κ3) is 13.2. The van der Waals surface area contributed by atoms with Crippen molar-refractivity contribution in [2.75, 3.05) is 18.7 Å². The summed E-state index contributed by atoms with van der Waals surface area (Å²) in [6.07, 6.45) is 26.3. The van der Waals surface area contributed by atoms with Gasteiger partial charge in [-0.3, -0.25) is 4.57 Å². The molecule has 206 valence electrons. The Balaban J connectivity index is 1.47. The molecule has 0 saturated carbocycles. The minimum Gasteiger partial charge on any atom is -0.382 e. The molecule has 0 aliphatic rings. The molecule has 2 aromatic heterocycles. The van der Waals surface area contributed by atoms with Crippen LogP contribution in [0.15, 0.2) is 49.1 Å². The van der Waals surface area contributed by atoms with Crippen molar-refractivity contribution in [2.24, 2.45) is 0 Å². The number of nitrogens with two attached hydrogens (primary N) is 1. The number of rotatable bonds is 20. The maximum Gasteiger partial charge on any atom is 0.353 e. The lowest BCUT2D eigenvalue weighted by atomic mass is 10.1. The Hall–Kier alpha value is -2.32. The summed E-state index contributed by atoms with van der Waals surface area (Å²) in [5.74, 6) is 0.313. The molecule has 0 amide bonds. The van der Waals surface area contributed by atoms with Crippen LogP contribution < -0.4 is 5.73 Å². The number of fused-ring (bicyclic) bond motifs is 1. The zero-order chi connectivity index (χ0) is 26.8. The molecule has 9 nitrogen and oxygen atoms in total. The first-order valence-corrected chi connectivity index (χ1v) is 15.1. The SMILES string of the molecule is CCC=CCC=CCC=CCCCCCCCCOP(=O)(O)COC(C)Cn1cnc2c(N)ncnc21. The fourth-order valence-electron chi connectivity index (χ4n) is 3.73. The Morgan fingerprint density at radius 1 is 1.00 bits per heavy atom. The highest BCUT2D eigenvalue weighted by Gasteiger charge is 2.21. The van der Waals surface area contributed by atoms with Gasteiger partial charge < -0.3 is 24.5 Å². The first kappa shape index (κ1) is 30.9. The number of nitrogen functional groups attached to an aromatic ring is 1. The van der Waals surface area contributed by atoms with Crippen molar-refractivity contribution in [2.45, 2.75) is 90.7 Å². The van der Waals surface area contributed by atoms with Gasteiger partial charge in [0.1, 0.15) is 18.2 Å². The third-order valence-electron chi connectivity index (χ3n) is 5.74. The lowest BCUT2D eigenvalue weighted by Crippen LogP contribution is -2.17. The summed E-state index contributed by atoms with van der Waals surface area (Å²) >= 11 is 0. The topological polar surface area (TPSA) is 125 Å². The number of aromatic nitrogens is 4. The monoisotopic (exact) mass is 533 g/mol. The summed E-state index contributed by atoms with van der Waals surface area (Å²) in [7, 11) is -3.79. The summed E-state index contributed by atoms with van der Waals surface area (Å²) in [4.78, 5) is 22.4. The van der Waals surface area contributed by atoms with Crippen LogP contribution in [0.1, 0.15) is 78.1 Å². The van der Waals surface area contributed by atoms with Crippen LogP contribution in [0.3, 0.4) is 0 Å². The van der Waals surface area contributed by atoms with Crippen LogP contribution in [0.4, 0.5) is 5.82 Å². The first-order valence-electron chi connectivity index (χ1n) is 13.4. The predicted molar refractivity (Wildman–Crippen MR) is 150 cm³/mol. The molecule has 2 unspecified atom stereocenters. The van der Waals surface area contributed by atoms with E-state index in [1.165, 1.54) is 25.6 Å². The van der Waals surface area contributed by atoms with Crippen molar-refractivity contribution in [3.8, 4) is 0 Å². The van der Waals surface area contributed by atoms with Crippen LogP contribution in [0.25, 0.3) is 11.2 Å². The number of unbranched alkanes of at least 4 members (excludes halogenated alkanes) is 6. The van der Waals surface area contributed by atoms with Gasteiger partial charge in [0.25, 0.3) is 0 Å². The normalized spacial score (nSPS) is 14.9. The van der Waals surface area contributed by atoms with E-state index in [0.717, 1.165) is 44.9 Å². The third-order valence-corrected chi connectivity index (χ3v) is 6.81. The lowest BCUT2D eigenvalue weighted by molar-refractivity contribution is 0.0715. The van der Waals surface area contributed by atoms with Gasteiger partial charge >= 0.3 is 7.60 Å². The molecule has 0 aliphatic heterocycles. The Labute approximate surface area is 221 Å². The molecule has 0 fully saturated rings. The predicted octanol–water partition coefficient (Wildman–Crippen LogP) is 6.56. The Bertz CT molecular complexity index is 1040. The van der Waals surface area contributed by atoms with E-state index in [9.17, 15) is 9.46 Å². The molecule has 0 bridgehead atoms. The molecule has 10 heteroatoms. The summed E-state index contributed by atoms with van der Waals surface area (Å²) in [6, 6.07) is 0. The van der Waals surface area contributed by atoms with E-state index in [-0.39, 0.29) is 19.1 Å². The van der Waals surface area contributed by atoms with Crippen molar-refractivity contribution < 1.29 is 18.7 Å². The molecule has 0 aliphatic carbocycles. The number of hydrogen-bond donors (Lipinski definition) is 2. The number of ether oxygens (including phenoxy) is 1. The highest BCUT2D eigenvalue weighted by atomic mass is 31.2. The average molecular weight is 534 g/mol. The Morgan fingerprint density at radius 2 is 1.68 bits per heavy atom. The average Bonchev–Trinajstić information content (AvgIpc) is 3.28. The zero-order valence-corrected chi connectivity index (χ0v) is 23.3. The highest BCUT2D eigenvalue weighted by molar-refractivity contribution is 7.52. The second kappa shape index (κ2) is 18.0. The Morgan fingerprint density at radius 3 is 2.43 bits per heavy atom. The van der Waals surface area contributed by atoms with Gasteiger partial charge in [0.15, 0.2) is 11.5 Å². The first-order chi connectivity index (χ1) is 17.9. The highest BCUT2D eigenvalue weighted by Crippen LogP contribution is 2.42. The standard InChI is InChI=1S/C27H44N5O4P/c1-3-4-5-6-7-8-9-10-11-12-13-14-15-16-17-18-19-36-37(33,34)23-35-24(2)20-32-22-31-25-26(28)29-21-30-27(25)32/h4-5,7-8,10-11,21-22,24H,3,6,9,12-20,23H2,1-2H3,(H,33,34)(H2,28,29,30). The molecule has 2 aromatic rings. The molecular formula is C27H44N5O4P. The van der Waals surface area contributed by atoms with Crippen molar-refractivity contribution in [1.82, 2.24) is 19.5 Å². The van der Waals surface area contributed by atoms with E-state index < -0.39 is 7.60 Å². The van der Waals surface area contributed by atoms with Gasteiger partial charge in [0, 0.05) is 0 Å². The van der Waals surface area contributed by atoms with Gasteiger partial charge in [-0.1, -0.05) is 69.1 Å². The smallest absolute Gasteiger partial charge is 0.353 e. The summed E-state index contributed by atoms with van der Waals surface area (Å²) in [6.45, 7) is 4.64. The van der Waals surface area contributed by atoms with E-state index in [1.807, 2.05) is 6.92 Å². The van der Waals surface area contributed by atoms with Gasteiger partial charge in [-0.05, 0) is 45.4 Å². The maximum atomic E-state index is 12.3. The fourth-order valence-corrected chi connectivity index (χ4v) is 4.66. The van der Waals surface area contributed by atoms with Crippen LogP contribution >= 0.6 is 7.60 Å². The number of hydrogen-bond acceptors (Lipinski definition) is 7. The molecule has 0 spiro atoms. The van der Waals surface area contributed by atoms with E-state index in [1.54, 1.807) is 10.9 Å². The van der Waals surface area contributed by atoms with E-state index >= 15 is 0 Å². The molecule has 0 saturated heterocycles. The number of imidazole rings is 1. The van der Waals surface area contributed by atoms with Crippen LogP contribution in [0, 0.1) is 0 Å². The summed E-state index contributed by atoms with van der Waals surface area (Å²) < 4.78 is 24.9. The molecular weight excluding hydrogens is 489 g/mol. The van der Waals surface area contributed by atoms with Crippen molar-refractivity contribution in [1.29, 1.82) is 0 Å². The van der Waals surface area contributed by atoms with E-state index in [2.05, 4.69) is 58.3 Å². The number of nitrogens with zero attached hydrogens (tertiary/aromatic N) is 4. The quantitative estimate of drug-likeness (QED) is 0.111. The molecule has 2 heterocycles. The van der Waals surface area contributed by atoms with Crippen molar-refractivity contribution in [3.05, 3.63) is 49.1 Å². The van der Waals surface area contributed by atoms with Crippen LogP contribution in [-0.2, 0) is 20.4 Å². The van der Waals surface area contributed by atoms with E-state index in [0.29, 0.717) is 23.5 Å². The second-order valence-electron chi connectivity index (χ2n) is 9.11. The van der Waals surface area contributed by atoms with Crippen molar-refractivity contribution >= 4 is 24.6 Å². The van der Waals surface area contributed by atoms with Crippen LogP contribution in [0.5, 0.6) is 0 Å². The van der Waals surface area contributed by atoms with Crippen molar-refractivity contribution in [3.63, 3.8) is 0 Å². The lowest BCUT2D eigenvalue weighted by Gasteiger charge is -2.17. The minimum atomic E-state index is -3.79. The molecule has 0 aromatic carbocycles. The minimum absolute atomic E-state index is 0.262. The largest absolute Gasteiger partial charge is 0.382 e. The molecule has 2 rings (SSSR count). The molecule has 2 atom stereocenters. The van der Waals surface area contributed by atoms with Gasteiger partial charge in [-0.2, -0.15) is 0 Å². The van der Waals surface area contributed by atoms with Gasteiger partial charge in [-0.15, -0.1) is 0 Å². The Kier molecular flexibility index (Phi) is 15.0. The molecule has 0 radical (unpaired) electrons. The zero-order valence-electron chi connectivity index (χ0n) is 22.4. The van der Waals surface area contributed by atoms with E-state index in [4.69, 9.17) is 15.0 Å². The van der Waals surface area contributed by atoms with Crippen LogP contribution in [0.2, 0.25) is 0 Å². The summed E-state index contributed by atoms with van der Waals surface area (Å²) in [5.41, 5.74) is 6.93. The number of allylic oxidation sites excluding steroid dienone is 6. The second-order valence-corrected chi connectivity index (χ2v) is 10.9. The fraction of sp³-hybridized carbons (Fsp3) is 0.593. The maximum absolute atomic E-state index is 12.3.